The topological polar surface area (TPSA) is 83.5 Å². The molecule has 138 valence electrons. The maximum Gasteiger partial charge on any atom is 0.322 e. The molecule has 6 nitrogen and oxygen atoms in total. The minimum atomic E-state index is -0.394. The van der Waals surface area contributed by atoms with Gasteiger partial charge in [0.15, 0.2) is 0 Å². The molecule has 0 saturated heterocycles. The van der Waals surface area contributed by atoms with Gasteiger partial charge in [0, 0.05) is 24.9 Å². The number of nitrogens with zero attached hydrogens (tertiary/aromatic N) is 1. The molecule has 1 aromatic rings. The lowest BCUT2D eigenvalue weighted by Crippen LogP contribution is -2.50. The van der Waals surface area contributed by atoms with E-state index in [1.165, 1.54) is 19.1 Å². The van der Waals surface area contributed by atoms with Crippen LogP contribution in [-0.2, 0) is 22.4 Å². The van der Waals surface area contributed by atoms with Crippen LogP contribution in [0.15, 0.2) is 12.1 Å². The van der Waals surface area contributed by atoms with E-state index >= 15 is 0 Å². The third-order valence-electron chi connectivity index (χ3n) is 5.34. The highest BCUT2D eigenvalue weighted by molar-refractivity contribution is 5.75. The Kier molecular flexibility index (Phi) is 6.26. The number of fused-ring (bicyclic) bond motifs is 1. The number of carbonyl (C=O) groups excluding carboxylic acids is 1. The fourth-order valence-corrected chi connectivity index (χ4v) is 3.79. The van der Waals surface area contributed by atoms with Crippen LogP contribution >= 0.6 is 0 Å². The van der Waals surface area contributed by atoms with Crippen LogP contribution in [0.4, 0.5) is 5.82 Å². The van der Waals surface area contributed by atoms with E-state index in [2.05, 4.69) is 22.8 Å². The lowest BCUT2D eigenvalue weighted by atomic mass is 9.77. The van der Waals surface area contributed by atoms with E-state index < -0.39 is 6.04 Å². The molecule has 6 heteroatoms. The predicted octanol–water partition coefficient (Wildman–Crippen LogP) is 1.66. The summed E-state index contributed by atoms with van der Waals surface area (Å²) in [6.45, 7) is 1.01. The van der Waals surface area contributed by atoms with Crippen molar-refractivity contribution in [2.45, 2.75) is 57.0 Å². The third-order valence-corrected chi connectivity index (χ3v) is 5.34. The molecule has 0 spiro atoms. The number of hydrogen-bond donors (Lipinski definition) is 3. The van der Waals surface area contributed by atoms with E-state index in [9.17, 15) is 4.79 Å². The minimum Gasteiger partial charge on any atom is -0.468 e. The number of esters is 1. The molecular weight excluding hydrogens is 318 g/mol. The number of rotatable bonds is 8. The van der Waals surface area contributed by atoms with Gasteiger partial charge in [-0.05, 0) is 62.5 Å². The molecule has 1 aliphatic heterocycles. The van der Waals surface area contributed by atoms with Crippen LogP contribution in [0.5, 0.6) is 0 Å². The third kappa shape index (κ3) is 4.70. The molecule has 1 aromatic heterocycles. The van der Waals surface area contributed by atoms with Crippen molar-refractivity contribution in [3.05, 3.63) is 23.4 Å². The van der Waals surface area contributed by atoms with Crippen LogP contribution in [-0.4, -0.2) is 48.4 Å². The van der Waals surface area contributed by atoms with Crippen molar-refractivity contribution in [3.63, 3.8) is 0 Å². The number of aliphatic hydroxyl groups excluding tert-OH is 1. The molecule has 0 unspecified atom stereocenters. The number of anilines is 1. The van der Waals surface area contributed by atoms with E-state index in [4.69, 9.17) is 14.8 Å². The first-order valence-corrected chi connectivity index (χ1v) is 9.37. The zero-order valence-corrected chi connectivity index (χ0v) is 15.0. The Hall–Kier alpha value is -1.66. The number of nitrogens with one attached hydrogen (secondary N) is 2. The van der Waals surface area contributed by atoms with E-state index in [0.29, 0.717) is 18.4 Å². The second kappa shape index (κ2) is 8.63. The Morgan fingerprint density at radius 3 is 3.08 bits per heavy atom. The minimum absolute atomic E-state index is 0.0129. The summed E-state index contributed by atoms with van der Waals surface area (Å²) < 4.78 is 4.79. The number of aromatic nitrogens is 1. The van der Waals surface area contributed by atoms with Gasteiger partial charge in [-0.3, -0.25) is 4.79 Å². The maximum absolute atomic E-state index is 11.7. The standard InChI is InChI=1S/C19H29N3O3/c1-25-19(24)17(8-10-23)21-16-11-13(12-16)4-6-15-7-5-14-3-2-9-20-18(14)22-15/h5,7,13,16-17,21,23H,2-4,6,8-12H2,1H3,(H,20,22)/t13?,16?,17-/m0/s1. The summed E-state index contributed by atoms with van der Waals surface area (Å²) in [4.78, 5) is 16.4. The van der Waals surface area contributed by atoms with Gasteiger partial charge in [0.2, 0.25) is 0 Å². The first-order chi connectivity index (χ1) is 12.2. The highest BCUT2D eigenvalue weighted by Crippen LogP contribution is 2.32. The first kappa shape index (κ1) is 18.1. The van der Waals surface area contributed by atoms with Crippen molar-refractivity contribution in [1.82, 2.24) is 10.3 Å². The van der Waals surface area contributed by atoms with Crippen molar-refractivity contribution in [2.24, 2.45) is 5.92 Å². The van der Waals surface area contributed by atoms with Gasteiger partial charge in [0.1, 0.15) is 11.9 Å². The van der Waals surface area contributed by atoms with Crippen LogP contribution in [0, 0.1) is 5.92 Å². The lowest BCUT2D eigenvalue weighted by Gasteiger charge is -2.38. The average Bonchev–Trinajstić information content (AvgIpc) is 2.61. The molecule has 1 atom stereocenters. The van der Waals surface area contributed by atoms with E-state index in [-0.39, 0.29) is 12.6 Å². The Bertz CT molecular complexity index is 587. The molecular formula is C19H29N3O3. The molecule has 1 aliphatic carbocycles. The zero-order valence-electron chi connectivity index (χ0n) is 15.0. The van der Waals surface area contributed by atoms with Crippen molar-refractivity contribution in [3.8, 4) is 0 Å². The number of aryl methyl sites for hydroxylation is 2. The van der Waals surface area contributed by atoms with Gasteiger partial charge in [0.25, 0.3) is 0 Å². The fraction of sp³-hybridized carbons (Fsp3) is 0.684. The van der Waals surface area contributed by atoms with Gasteiger partial charge < -0.3 is 20.5 Å². The number of hydrogen-bond acceptors (Lipinski definition) is 6. The van der Waals surface area contributed by atoms with Crippen molar-refractivity contribution < 1.29 is 14.6 Å². The molecule has 0 bridgehead atoms. The van der Waals surface area contributed by atoms with Crippen LogP contribution in [0.2, 0.25) is 0 Å². The summed E-state index contributed by atoms with van der Waals surface area (Å²) >= 11 is 0. The Balaban J connectivity index is 1.41. The highest BCUT2D eigenvalue weighted by Gasteiger charge is 2.32. The summed E-state index contributed by atoms with van der Waals surface area (Å²) in [5.41, 5.74) is 2.50. The lowest BCUT2D eigenvalue weighted by molar-refractivity contribution is -0.144. The van der Waals surface area contributed by atoms with Gasteiger partial charge >= 0.3 is 5.97 Å². The van der Waals surface area contributed by atoms with E-state index in [1.807, 2.05) is 0 Å². The molecule has 1 saturated carbocycles. The fourth-order valence-electron chi connectivity index (χ4n) is 3.79. The largest absolute Gasteiger partial charge is 0.468 e. The number of methoxy groups -OCH3 is 1. The van der Waals surface area contributed by atoms with Crippen molar-refractivity contribution in [1.29, 1.82) is 0 Å². The highest BCUT2D eigenvalue weighted by atomic mass is 16.5. The van der Waals surface area contributed by atoms with Crippen LogP contribution in [0.25, 0.3) is 0 Å². The second-order valence-corrected chi connectivity index (χ2v) is 7.17. The van der Waals surface area contributed by atoms with Crippen molar-refractivity contribution in [2.75, 3.05) is 25.6 Å². The number of pyridine rings is 1. The summed E-state index contributed by atoms with van der Waals surface area (Å²) in [6.07, 6.45) is 6.99. The monoisotopic (exact) mass is 347 g/mol. The molecule has 3 N–H and O–H groups in total. The molecule has 2 heterocycles. The van der Waals surface area contributed by atoms with Crippen LogP contribution < -0.4 is 10.6 Å². The average molecular weight is 347 g/mol. The second-order valence-electron chi connectivity index (χ2n) is 7.17. The summed E-state index contributed by atoms with van der Waals surface area (Å²) in [6, 6.07) is 4.33. The normalized spacial score (nSPS) is 23.1. The van der Waals surface area contributed by atoms with E-state index in [0.717, 1.165) is 50.2 Å². The molecule has 0 amide bonds. The number of ether oxygens (including phenoxy) is 1. The van der Waals surface area contributed by atoms with Gasteiger partial charge in [-0.15, -0.1) is 0 Å². The summed E-state index contributed by atoms with van der Waals surface area (Å²) in [5, 5.41) is 15.8. The molecule has 0 radical (unpaired) electrons. The smallest absolute Gasteiger partial charge is 0.322 e. The SMILES string of the molecule is COC(=O)[C@H](CCO)NC1CC(CCc2ccc3c(n2)NCCC3)C1. The molecule has 2 aliphatic rings. The van der Waals surface area contributed by atoms with Gasteiger partial charge in [-0.25, -0.2) is 4.98 Å². The van der Waals surface area contributed by atoms with E-state index in [1.54, 1.807) is 0 Å². The Morgan fingerprint density at radius 2 is 2.32 bits per heavy atom. The van der Waals surface area contributed by atoms with Gasteiger partial charge in [0.05, 0.1) is 7.11 Å². The molecule has 3 rings (SSSR count). The first-order valence-electron chi connectivity index (χ1n) is 9.37. The molecule has 25 heavy (non-hydrogen) atoms. The zero-order chi connectivity index (χ0) is 17.6. The van der Waals surface area contributed by atoms with Crippen LogP contribution in [0.1, 0.15) is 43.4 Å². The number of carbonyl (C=O) groups is 1. The predicted molar refractivity (Wildman–Crippen MR) is 96.5 cm³/mol. The van der Waals surface area contributed by atoms with Gasteiger partial charge in [-0.2, -0.15) is 0 Å². The Morgan fingerprint density at radius 1 is 1.48 bits per heavy atom. The van der Waals surface area contributed by atoms with Crippen molar-refractivity contribution >= 4 is 11.8 Å². The maximum atomic E-state index is 11.7. The quantitative estimate of drug-likeness (QED) is 0.621. The molecule has 1 fully saturated rings. The summed E-state index contributed by atoms with van der Waals surface area (Å²) in [7, 11) is 1.39. The van der Waals surface area contributed by atoms with Gasteiger partial charge in [-0.1, -0.05) is 6.07 Å². The van der Waals surface area contributed by atoms with Crippen LogP contribution in [0.3, 0.4) is 0 Å². The molecule has 0 aromatic carbocycles. The summed E-state index contributed by atoms with van der Waals surface area (Å²) in [5.74, 6) is 1.46. The number of aliphatic hydroxyl groups is 1. The Labute approximate surface area is 149 Å².